The zero-order valence-corrected chi connectivity index (χ0v) is 12.0. The molecule has 1 rings (SSSR count). The first-order valence-electron chi connectivity index (χ1n) is 6.48. The summed E-state index contributed by atoms with van der Waals surface area (Å²) in [5.41, 5.74) is 0. The van der Waals surface area contributed by atoms with E-state index in [9.17, 15) is 14.4 Å². The number of amides is 2. The van der Waals surface area contributed by atoms with Crippen LogP contribution in [-0.2, 0) is 19.1 Å². The number of hydrogen-bond donors (Lipinski definition) is 0. The van der Waals surface area contributed by atoms with Crippen LogP contribution in [0.1, 0.15) is 26.7 Å². The van der Waals surface area contributed by atoms with Crippen LogP contribution in [0.2, 0.25) is 0 Å². The van der Waals surface area contributed by atoms with Crippen molar-refractivity contribution < 1.29 is 19.1 Å². The van der Waals surface area contributed by atoms with Crippen molar-refractivity contribution in [2.75, 3.05) is 27.2 Å². The highest BCUT2D eigenvalue weighted by atomic mass is 16.5. The summed E-state index contributed by atoms with van der Waals surface area (Å²) in [7, 11) is 2.97. The summed E-state index contributed by atoms with van der Waals surface area (Å²) in [6.45, 7) is 4.66. The van der Waals surface area contributed by atoms with Gasteiger partial charge in [-0.05, 0) is 13.8 Å². The molecule has 108 valence electrons. The number of esters is 1. The van der Waals surface area contributed by atoms with Gasteiger partial charge >= 0.3 is 5.97 Å². The zero-order valence-electron chi connectivity index (χ0n) is 12.0. The summed E-state index contributed by atoms with van der Waals surface area (Å²) in [6, 6.07) is 0.116. The molecule has 0 spiro atoms. The maximum absolute atomic E-state index is 12.2. The topological polar surface area (TPSA) is 66.9 Å². The molecule has 1 aliphatic heterocycles. The van der Waals surface area contributed by atoms with E-state index in [0.717, 1.165) is 0 Å². The highest BCUT2D eigenvalue weighted by molar-refractivity contribution is 5.89. The van der Waals surface area contributed by atoms with Gasteiger partial charge < -0.3 is 14.5 Å². The van der Waals surface area contributed by atoms with Crippen molar-refractivity contribution in [2.24, 2.45) is 5.92 Å². The molecule has 6 nitrogen and oxygen atoms in total. The minimum atomic E-state index is -0.342. The third kappa shape index (κ3) is 3.94. The Hall–Kier alpha value is -1.59. The van der Waals surface area contributed by atoms with Crippen LogP contribution < -0.4 is 0 Å². The lowest BCUT2D eigenvalue weighted by Crippen LogP contribution is -2.37. The quantitative estimate of drug-likeness (QED) is 0.672. The summed E-state index contributed by atoms with van der Waals surface area (Å²) in [5.74, 6) is -0.696. The molecule has 0 radical (unpaired) electrons. The lowest BCUT2D eigenvalue weighted by molar-refractivity contribution is -0.142. The first kappa shape index (κ1) is 15.5. The van der Waals surface area contributed by atoms with Crippen molar-refractivity contribution in [3.8, 4) is 0 Å². The van der Waals surface area contributed by atoms with E-state index < -0.39 is 0 Å². The van der Waals surface area contributed by atoms with E-state index in [4.69, 9.17) is 0 Å². The Morgan fingerprint density at radius 1 is 1.47 bits per heavy atom. The van der Waals surface area contributed by atoms with E-state index in [1.54, 1.807) is 11.9 Å². The predicted molar refractivity (Wildman–Crippen MR) is 69.2 cm³/mol. The maximum atomic E-state index is 12.2. The molecule has 0 bridgehead atoms. The fourth-order valence-electron chi connectivity index (χ4n) is 2.18. The molecule has 0 aromatic rings. The van der Waals surface area contributed by atoms with Crippen LogP contribution in [0, 0.1) is 5.92 Å². The fourth-order valence-corrected chi connectivity index (χ4v) is 2.18. The Morgan fingerprint density at radius 2 is 2.11 bits per heavy atom. The normalized spacial score (nSPS) is 18.9. The summed E-state index contributed by atoms with van der Waals surface area (Å²) in [6.07, 6.45) is 0.437. The van der Waals surface area contributed by atoms with Gasteiger partial charge in [-0.2, -0.15) is 0 Å². The Balaban J connectivity index is 2.50. The number of carbonyl (C=O) groups excluding carboxylic acids is 3. The Morgan fingerprint density at radius 3 is 2.58 bits per heavy atom. The second kappa shape index (κ2) is 6.54. The van der Waals surface area contributed by atoms with E-state index in [-0.39, 0.29) is 42.6 Å². The highest BCUT2D eigenvalue weighted by Gasteiger charge is 2.36. The molecule has 0 N–H and O–H groups in total. The molecule has 0 saturated carbocycles. The van der Waals surface area contributed by atoms with Gasteiger partial charge in [0.1, 0.15) is 0 Å². The van der Waals surface area contributed by atoms with Crippen molar-refractivity contribution in [1.82, 2.24) is 9.80 Å². The van der Waals surface area contributed by atoms with Gasteiger partial charge in [0.05, 0.1) is 19.4 Å². The average molecular weight is 270 g/mol. The van der Waals surface area contributed by atoms with Crippen molar-refractivity contribution in [3.63, 3.8) is 0 Å². The maximum Gasteiger partial charge on any atom is 0.307 e. The molecule has 1 saturated heterocycles. The second-order valence-corrected chi connectivity index (χ2v) is 5.13. The molecule has 1 unspecified atom stereocenters. The number of rotatable bonds is 5. The fraction of sp³-hybridized carbons (Fsp3) is 0.769. The predicted octanol–water partition coefficient (Wildman–Crippen LogP) is 0.265. The molecule has 1 heterocycles. The van der Waals surface area contributed by atoms with E-state index in [0.29, 0.717) is 13.1 Å². The van der Waals surface area contributed by atoms with Gasteiger partial charge in [0.2, 0.25) is 11.8 Å². The molecule has 6 heteroatoms. The molecule has 0 aliphatic carbocycles. The molecule has 1 fully saturated rings. The van der Waals surface area contributed by atoms with Crippen LogP contribution in [0.15, 0.2) is 0 Å². The first-order chi connectivity index (χ1) is 8.86. The molecule has 2 amide bonds. The summed E-state index contributed by atoms with van der Waals surface area (Å²) in [4.78, 5) is 38.2. The van der Waals surface area contributed by atoms with E-state index in [1.807, 2.05) is 13.8 Å². The van der Waals surface area contributed by atoms with Gasteiger partial charge in [-0.25, -0.2) is 0 Å². The van der Waals surface area contributed by atoms with Crippen LogP contribution >= 0.6 is 0 Å². The number of likely N-dealkylation sites (tertiary alicyclic amines) is 1. The summed E-state index contributed by atoms with van der Waals surface area (Å²) >= 11 is 0. The lowest BCUT2D eigenvalue weighted by atomic mass is 10.1. The first-order valence-corrected chi connectivity index (χ1v) is 6.48. The largest absolute Gasteiger partial charge is 0.469 e. The molecule has 1 aliphatic rings. The molecular weight excluding hydrogens is 248 g/mol. The van der Waals surface area contributed by atoms with Crippen molar-refractivity contribution in [3.05, 3.63) is 0 Å². The van der Waals surface area contributed by atoms with Crippen LogP contribution in [0.4, 0.5) is 0 Å². The SMILES string of the molecule is COC(=O)CCN(C)C(=O)C1CC(=O)N(C(C)C)C1. The molecule has 19 heavy (non-hydrogen) atoms. The Kier molecular flexibility index (Phi) is 5.32. The third-order valence-corrected chi connectivity index (χ3v) is 3.39. The van der Waals surface area contributed by atoms with Crippen molar-refractivity contribution >= 4 is 17.8 Å². The van der Waals surface area contributed by atoms with Gasteiger partial charge in [0, 0.05) is 32.6 Å². The number of hydrogen-bond acceptors (Lipinski definition) is 4. The second-order valence-electron chi connectivity index (χ2n) is 5.13. The van der Waals surface area contributed by atoms with Crippen LogP contribution in [0.25, 0.3) is 0 Å². The smallest absolute Gasteiger partial charge is 0.307 e. The standard InChI is InChI=1S/C13H22N2O4/c1-9(2)15-8-10(7-11(15)16)13(18)14(3)6-5-12(17)19-4/h9-10H,5-8H2,1-4H3. The average Bonchev–Trinajstić information content (AvgIpc) is 2.76. The summed E-state index contributed by atoms with van der Waals surface area (Å²) in [5, 5.41) is 0. The van der Waals surface area contributed by atoms with Crippen molar-refractivity contribution in [1.29, 1.82) is 0 Å². The van der Waals surface area contributed by atoms with Gasteiger partial charge in [-0.15, -0.1) is 0 Å². The monoisotopic (exact) mass is 270 g/mol. The van der Waals surface area contributed by atoms with E-state index >= 15 is 0 Å². The number of ether oxygens (including phenoxy) is 1. The molecule has 1 atom stereocenters. The third-order valence-electron chi connectivity index (χ3n) is 3.39. The van der Waals surface area contributed by atoms with Crippen LogP contribution in [0.3, 0.4) is 0 Å². The van der Waals surface area contributed by atoms with Crippen LogP contribution in [0.5, 0.6) is 0 Å². The Bertz CT molecular complexity index is 368. The number of methoxy groups -OCH3 is 1. The minimum absolute atomic E-state index is 0.0229. The van der Waals surface area contributed by atoms with Gasteiger partial charge in [0.15, 0.2) is 0 Å². The van der Waals surface area contributed by atoms with Gasteiger partial charge in [-0.3, -0.25) is 14.4 Å². The van der Waals surface area contributed by atoms with E-state index in [1.165, 1.54) is 12.0 Å². The van der Waals surface area contributed by atoms with Crippen LogP contribution in [-0.4, -0.2) is 60.9 Å². The molecule has 0 aromatic carbocycles. The lowest BCUT2D eigenvalue weighted by Gasteiger charge is -2.23. The Labute approximate surface area is 113 Å². The van der Waals surface area contributed by atoms with Gasteiger partial charge in [-0.1, -0.05) is 0 Å². The zero-order chi connectivity index (χ0) is 14.6. The molecule has 0 aromatic heterocycles. The number of nitrogens with zero attached hydrogens (tertiary/aromatic N) is 2. The van der Waals surface area contributed by atoms with Crippen molar-refractivity contribution in [2.45, 2.75) is 32.7 Å². The highest BCUT2D eigenvalue weighted by Crippen LogP contribution is 2.21. The summed E-state index contributed by atoms with van der Waals surface area (Å²) < 4.78 is 4.53. The molecular formula is C13H22N2O4. The number of carbonyl (C=O) groups is 3. The van der Waals surface area contributed by atoms with E-state index in [2.05, 4.69) is 4.74 Å². The van der Waals surface area contributed by atoms with Gasteiger partial charge in [0.25, 0.3) is 0 Å². The minimum Gasteiger partial charge on any atom is -0.469 e.